The van der Waals surface area contributed by atoms with Crippen molar-refractivity contribution < 1.29 is 13.2 Å². The Kier molecular flexibility index (Phi) is 5.02. The number of nitrogens with one attached hydrogen (secondary N) is 2. The van der Waals surface area contributed by atoms with Crippen LogP contribution in [0.15, 0.2) is 35.3 Å². The Labute approximate surface area is 185 Å². The number of hydrogen-bond donors (Lipinski definition) is 4. The minimum atomic E-state index is -4.62. The van der Waals surface area contributed by atoms with Crippen molar-refractivity contribution in [1.82, 2.24) is 20.1 Å². The van der Waals surface area contributed by atoms with Gasteiger partial charge >= 0.3 is 6.18 Å². The van der Waals surface area contributed by atoms with Gasteiger partial charge in [-0.3, -0.25) is 10.00 Å². The lowest BCUT2D eigenvalue weighted by Crippen LogP contribution is -2.33. The van der Waals surface area contributed by atoms with E-state index in [1.54, 1.807) is 30.5 Å². The lowest BCUT2D eigenvalue weighted by Gasteiger charge is -2.27. The minimum absolute atomic E-state index is 0.0213. The van der Waals surface area contributed by atoms with Crippen LogP contribution in [-0.4, -0.2) is 20.7 Å². The van der Waals surface area contributed by atoms with E-state index in [4.69, 9.17) is 16.7 Å². The maximum atomic E-state index is 13.2. The van der Waals surface area contributed by atoms with Gasteiger partial charge in [0.25, 0.3) is 0 Å². The van der Waals surface area contributed by atoms with Crippen LogP contribution in [-0.2, 0) is 13.2 Å². The Hall–Kier alpha value is -4.78. The average Bonchev–Trinajstić information content (AvgIpc) is 3.15. The van der Waals surface area contributed by atoms with Crippen LogP contribution in [0.4, 0.5) is 30.5 Å². The van der Waals surface area contributed by atoms with Crippen LogP contribution >= 0.6 is 0 Å². The van der Waals surface area contributed by atoms with Gasteiger partial charge in [0.1, 0.15) is 29.3 Å². The predicted octanol–water partition coefficient (Wildman–Crippen LogP) is 2.48. The Bertz CT molecular complexity index is 1370. The van der Waals surface area contributed by atoms with Gasteiger partial charge in [0.05, 0.1) is 11.4 Å². The summed E-state index contributed by atoms with van der Waals surface area (Å²) in [6, 6.07) is 8.53. The van der Waals surface area contributed by atoms with Gasteiger partial charge < -0.3 is 16.8 Å². The number of fused-ring (bicyclic) bond motifs is 1. The van der Waals surface area contributed by atoms with Gasteiger partial charge in [0, 0.05) is 18.2 Å². The molecule has 0 aliphatic carbocycles. The molecule has 0 spiro atoms. The lowest BCUT2D eigenvalue weighted by atomic mass is 9.90. The van der Waals surface area contributed by atoms with Gasteiger partial charge in [-0.05, 0) is 11.6 Å². The van der Waals surface area contributed by atoms with Crippen LogP contribution in [0.5, 0.6) is 0 Å². The molecular weight excluding hydrogens is 437 g/mol. The quantitative estimate of drug-likeness (QED) is 0.340. The van der Waals surface area contributed by atoms with E-state index in [9.17, 15) is 18.4 Å². The predicted molar refractivity (Wildman–Crippen MR) is 113 cm³/mol. The van der Waals surface area contributed by atoms with Crippen molar-refractivity contribution in [3.63, 3.8) is 0 Å². The highest BCUT2D eigenvalue weighted by Crippen LogP contribution is 2.43. The van der Waals surface area contributed by atoms with E-state index in [-0.39, 0.29) is 34.5 Å². The van der Waals surface area contributed by atoms with Crippen LogP contribution in [0.25, 0.3) is 11.3 Å². The maximum absolute atomic E-state index is 13.2. The normalized spacial score (nSPS) is 15.0. The van der Waals surface area contributed by atoms with Crippen molar-refractivity contribution in [3.05, 3.63) is 52.7 Å². The minimum Gasteiger partial charge on any atom is -0.397 e. The van der Waals surface area contributed by atoms with Gasteiger partial charge in [-0.2, -0.15) is 28.8 Å². The number of aryl methyl sites for hydroxylation is 1. The standard InChI is InChI=1S/C20H15F3N10/c1-33-12(6-13(32-33)20(21,22)23)9-4-2-3-5-10(9)16-14-15(26)11(7-24)17(27)30-18(14)31-19(29-16)28-8-25/h2-6,16H,1H3,(H6,26,27,28,29,30,31). The second kappa shape index (κ2) is 7.72. The summed E-state index contributed by atoms with van der Waals surface area (Å²) in [6.07, 6.45) is -2.88. The molecule has 0 fully saturated rings. The summed E-state index contributed by atoms with van der Waals surface area (Å²) in [6.45, 7) is 0. The monoisotopic (exact) mass is 452 g/mol. The fourth-order valence-corrected chi connectivity index (χ4v) is 3.63. The van der Waals surface area contributed by atoms with Crippen LogP contribution in [0, 0.1) is 22.8 Å². The van der Waals surface area contributed by atoms with Crippen LogP contribution in [0.2, 0.25) is 0 Å². The van der Waals surface area contributed by atoms with Crippen molar-refractivity contribution in [2.45, 2.75) is 12.2 Å². The Morgan fingerprint density at radius 1 is 1.21 bits per heavy atom. The van der Waals surface area contributed by atoms with Crippen molar-refractivity contribution in [2.24, 2.45) is 12.0 Å². The number of pyridine rings is 1. The zero-order chi connectivity index (χ0) is 23.9. The molecule has 1 aliphatic rings. The van der Waals surface area contributed by atoms with E-state index in [1.807, 2.05) is 6.07 Å². The van der Waals surface area contributed by atoms with Crippen molar-refractivity contribution in [3.8, 4) is 23.5 Å². The number of hydrogen-bond acceptors (Lipinski definition) is 9. The largest absolute Gasteiger partial charge is 0.435 e. The summed E-state index contributed by atoms with van der Waals surface area (Å²) in [4.78, 5) is 8.65. The van der Waals surface area contributed by atoms with Crippen LogP contribution in [0.3, 0.4) is 0 Å². The van der Waals surface area contributed by atoms with Crippen molar-refractivity contribution in [2.75, 3.05) is 16.8 Å². The zero-order valence-electron chi connectivity index (χ0n) is 16.9. The molecule has 4 rings (SSSR count). The third kappa shape index (κ3) is 3.61. The zero-order valence-corrected chi connectivity index (χ0v) is 16.9. The molecule has 1 aliphatic heterocycles. The maximum Gasteiger partial charge on any atom is 0.435 e. The van der Waals surface area contributed by atoms with Gasteiger partial charge in [0.15, 0.2) is 11.9 Å². The molecule has 0 radical (unpaired) electrons. The molecule has 0 saturated carbocycles. The molecule has 1 unspecified atom stereocenters. The second-order valence-electron chi connectivity index (χ2n) is 7.03. The topological polar surface area (TPSA) is 167 Å². The number of aliphatic imine (C=N–C) groups is 1. The Morgan fingerprint density at radius 3 is 2.58 bits per heavy atom. The van der Waals surface area contributed by atoms with Gasteiger partial charge in [-0.25, -0.2) is 9.98 Å². The summed E-state index contributed by atoms with van der Waals surface area (Å²) in [5.41, 5.74) is 12.4. The van der Waals surface area contributed by atoms with Crippen LogP contribution < -0.4 is 22.1 Å². The number of nitrogen functional groups attached to an aromatic ring is 2. The molecule has 166 valence electrons. The van der Waals surface area contributed by atoms with E-state index in [0.29, 0.717) is 16.7 Å². The van der Waals surface area contributed by atoms with Gasteiger partial charge in [-0.15, -0.1) is 0 Å². The number of anilines is 3. The lowest BCUT2D eigenvalue weighted by molar-refractivity contribution is -0.141. The molecule has 0 bridgehead atoms. The fraction of sp³-hybridized carbons (Fsp3) is 0.150. The van der Waals surface area contributed by atoms with Gasteiger partial charge in [0.2, 0.25) is 5.96 Å². The Morgan fingerprint density at radius 2 is 1.94 bits per heavy atom. The van der Waals surface area contributed by atoms with E-state index < -0.39 is 17.9 Å². The molecular formula is C20H15F3N10. The fourth-order valence-electron chi connectivity index (χ4n) is 3.63. The summed E-state index contributed by atoms with van der Waals surface area (Å²) in [5.74, 6) is 0.0762. The molecule has 0 saturated heterocycles. The second-order valence-corrected chi connectivity index (χ2v) is 7.03. The number of nitriles is 2. The molecule has 1 atom stereocenters. The molecule has 6 N–H and O–H groups in total. The molecule has 3 heterocycles. The van der Waals surface area contributed by atoms with E-state index in [1.165, 1.54) is 7.05 Å². The highest BCUT2D eigenvalue weighted by molar-refractivity contribution is 5.98. The first-order valence-corrected chi connectivity index (χ1v) is 9.35. The average molecular weight is 452 g/mol. The molecule has 2 aromatic heterocycles. The number of nitrogens with two attached hydrogens (primary N) is 2. The van der Waals surface area contributed by atoms with Crippen molar-refractivity contribution in [1.29, 1.82) is 10.5 Å². The third-order valence-corrected chi connectivity index (χ3v) is 5.06. The van der Waals surface area contributed by atoms with E-state index in [2.05, 4.69) is 25.7 Å². The van der Waals surface area contributed by atoms with Gasteiger partial charge in [-0.1, -0.05) is 24.3 Å². The first kappa shape index (κ1) is 21.5. The number of nitrogens with zero attached hydrogens (tertiary/aromatic N) is 6. The molecule has 33 heavy (non-hydrogen) atoms. The van der Waals surface area contributed by atoms with Crippen molar-refractivity contribution >= 4 is 23.3 Å². The van der Waals surface area contributed by atoms with E-state index >= 15 is 0 Å². The number of rotatable bonds is 2. The molecule has 10 nitrogen and oxygen atoms in total. The smallest absolute Gasteiger partial charge is 0.397 e. The SMILES string of the molecule is Cn1nc(C(F)(F)F)cc1-c1ccccc1C1N=C(NC#N)Nc2nc(N)c(C#N)c(N)c21. The first-order chi connectivity index (χ1) is 15.7. The number of alkyl halides is 3. The number of halogens is 3. The number of guanidine groups is 1. The number of aromatic nitrogens is 3. The van der Waals surface area contributed by atoms with Crippen LogP contribution in [0.1, 0.15) is 28.4 Å². The third-order valence-electron chi connectivity index (χ3n) is 5.06. The van der Waals surface area contributed by atoms with E-state index in [0.717, 1.165) is 10.7 Å². The summed E-state index contributed by atoms with van der Waals surface area (Å²) < 4.78 is 40.9. The summed E-state index contributed by atoms with van der Waals surface area (Å²) in [7, 11) is 1.40. The molecule has 13 heteroatoms. The Balaban J connectivity index is 1.97. The first-order valence-electron chi connectivity index (χ1n) is 9.35. The summed E-state index contributed by atoms with van der Waals surface area (Å²) in [5, 5.41) is 27.3. The molecule has 0 amide bonds. The number of benzene rings is 1. The highest BCUT2D eigenvalue weighted by Gasteiger charge is 2.36. The highest BCUT2D eigenvalue weighted by atomic mass is 19.4. The molecule has 3 aromatic rings. The molecule has 1 aromatic carbocycles. The summed E-state index contributed by atoms with van der Waals surface area (Å²) >= 11 is 0.